The molecule has 0 saturated carbocycles. The number of carbonyl (C=O) groups excluding carboxylic acids is 2. The van der Waals surface area contributed by atoms with Crippen molar-refractivity contribution >= 4 is 19.8 Å². The summed E-state index contributed by atoms with van der Waals surface area (Å²) in [5.41, 5.74) is 0. The molecule has 2 atom stereocenters. The second-order valence-corrected chi connectivity index (χ2v) is 22.1. The van der Waals surface area contributed by atoms with Gasteiger partial charge in [-0.3, -0.25) is 18.6 Å². The van der Waals surface area contributed by atoms with Gasteiger partial charge in [0, 0.05) is 12.8 Å². The van der Waals surface area contributed by atoms with Crippen molar-refractivity contribution in [3.8, 4) is 0 Å². The molecule has 10 heteroatoms. The van der Waals surface area contributed by atoms with E-state index in [0.717, 1.165) is 135 Å². The number of hydrogen-bond acceptors (Lipinski definition) is 7. The maximum atomic E-state index is 12.8. The highest BCUT2D eigenvalue weighted by Crippen LogP contribution is 2.43. The summed E-state index contributed by atoms with van der Waals surface area (Å²) in [6, 6.07) is 0. The molecule has 78 heavy (non-hydrogen) atoms. The molecule has 0 aliphatic carbocycles. The molecule has 1 N–H and O–H groups in total. The number of phosphoric ester groups is 1. The van der Waals surface area contributed by atoms with Gasteiger partial charge in [0.15, 0.2) is 6.10 Å². The van der Waals surface area contributed by atoms with Crippen LogP contribution >= 0.6 is 7.82 Å². The molecule has 0 heterocycles. The van der Waals surface area contributed by atoms with Gasteiger partial charge >= 0.3 is 19.8 Å². The molecule has 0 saturated heterocycles. The van der Waals surface area contributed by atoms with Crippen LogP contribution in [0.3, 0.4) is 0 Å². The van der Waals surface area contributed by atoms with Crippen LogP contribution in [-0.2, 0) is 32.7 Å². The summed E-state index contributed by atoms with van der Waals surface area (Å²) >= 11 is 0. The first-order valence-electron chi connectivity index (χ1n) is 30.2. The minimum atomic E-state index is -4.41. The van der Waals surface area contributed by atoms with Gasteiger partial charge in [-0.05, 0) is 122 Å². The molecular weight excluding hydrogens is 990 g/mol. The van der Waals surface area contributed by atoms with Crippen molar-refractivity contribution in [3.05, 3.63) is 158 Å². The van der Waals surface area contributed by atoms with Crippen LogP contribution in [0.1, 0.15) is 206 Å². The van der Waals surface area contributed by atoms with Crippen molar-refractivity contribution in [1.29, 1.82) is 0 Å². The zero-order valence-electron chi connectivity index (χ0n) is 49.8. The zero-order valence-corrected chi connectivity index (χ0v) is 50.7. The number of quaternary nitrogens is 1. The first kappa shape index (κ1) is 73.6. The molecule has 0 fully saturated rings. The van der Waals surface area contributed by atoms with Crippen LogP contribution in [0.5, 0.6) is 0 Å². The number of ether oxygens (including phenoxy) is 2. The van der Waals surface area contributed by atoms with Gasteiger partial charge in [-0.25, -0.2) is 4.57 Å². The van der Waals surface area contributed by atoms with Crippen molar-refractivity contribution in [2.24, 2.45) is 0 Å². The lowest BCUT2D eigenvalue weighted by Crippen LogP contribution is -2.37. The van der Waals surface area contributed by atoms with Gasteiger partial charge in [0.2, 0.25) is 0 Å². The third-order valence-corrected chi connectivity index (χ3v) is 13.0. The molecule has 0 aromatic carbocycles. The predicted octanol–water partition coefficient (Wildman–Crippen LogP) is 19.3. The molecule has 0 bridgehead atoms. The Balaban J connectivity index is 4.26. The molecule has 0 radical (unpaired) electrons. The summed E-state index contributed by atoms with van der Waals surface area (Å²) < 4.78 is 34.6. The number of allylic oxidation sites excluding steroid dienone is 26. The summed E-state index contributed by atoms with van der Waals surface area (Å²) in [6.45, 7) is 4.14. The van der Waals surface area contributed by atoms with Crippen molar-refractivity contribution in [3.63, 3.8) is 0 Å². The Bertz CT molecular complexity index is 1870. The van der Waals surface area contributed by atoms with Gasteiger partial charge in [0.25, 0.3) is 0 Å². The molecule has 0 aromatic heterocycles. The number of phosphoric acid groups is 1. The van der Waals surface area contributed by atoms with Crippen LogP contribution in [0.25, 0.3) is 0 Å². The topological polar surface area (TPSA) is 108 Å². The Morgan fingerprint density at radius 1 is 0.397 bits per heavy atom. The highest BCUT2D eigenvalue weighted by Gasteiger charge is 2.27. The molecule has 0 amide bonds. The molecule has 2 unspecified atom stereocenters. The van der Waals surface area contributed by atoms with Gasteiger partial charge in [0.05, 0.1) is 27.7 Å². The summed E-state index contributed by atoms with van der Waals surface area (Å²) in [5, 5.41) is 0. The van der Waals surface area contributed by atoms with E-state index in [4.69, 9.17) is 18.5 Å². The smallest absolute Gasteiger partial charge is 0.462 e. The number of nitrogens with zero attached hydrogens (tertiary/aromatic N) is 1. The van der Waals surface area contributed by atoms with Crippen LogP contribution in [0.15, 0.2) is 158 Å². The Morgan fingerprint density at radius 2 is 0.692 bits per heavy atom. The third-order valence-electron chi connectivity index (χ3n) is 12.1. The quantitative estimate of drug-likeness (QED) is 0.0211. The number of hydrogen-bond donors (Lipinski definition) is 1. The van der Waals surface area contributed by atoms with Crippen molar-refractivity contribution in [2.45, 2.75) is 213 Å². The van der Waals surface area contributed by atoms with Crippen molar-refractivity contribution in [2.75, 3.05) is 47.5 Å². The summed E-state index contributed by atoms with van der Waals surface area (Å²) in [4.78, 5) is 35.7. The zero-order chi connectivity index (χ0) is 57.0. The van der Waals surface area contributed by atoms with E-state index in [-0.39, 0.29) is 26.1 Å². The van der Waals surface area contributed by atoms with E-state index in [9.17, 15) is 19.0 Å². The minimum Gasteiger partial charge on any atom is -0.462 e. The molecule has 0 aromatic rings. The fourth-order valence-corrected chi connectivity index (χ4v) is 8.21. The van der Waals surface area contributed by atoms with Gasteiger partial charge in [-0.15, -0.1) is 0 Å². The molecule has 0 spiro atoms. The monoisotopic (exact) mass is 1100 g/mol. The maximum absolute atomic E-state index is 12.8. The number of esters is 2. The molecule has 0 aliphatic rings. The van der Waals surface area contributed by atoms with Gasteiger partial charge < -0.3 is 18.9 Å². The first-order chi connectivity index (χ1) is 38.0. The second kappa shape index (κ2) is 57.3. The summed E-state index contributed by atoms with van der Waals surface area (Å²) in [5.74, 6) is -0.847. The van der Waals surface area contributed by atoms with Gasteiger partial charge in [0.1, 0.15) is 19.8 Å². The van der Waals surface area contributed by atoms with E-state index in [2.05, 4.69) is 172 Å². The van der Waals surface area contributed by atoms with Crippen molar-refractivity contribution in [1.82, 2.24) is 0 Å². The van der Waals surface area contributed by atoms with E-state index in [1.165, 1.54) is 32.1 Å². The Kier molecular flexibility index (Phi) is 54.1. The fraction of sp³-hybridized carbons (Fsp3) is 0.588. The molecular formula is C68H111NO8P+. The average Bonchev–Trinajstić information content (AvgIpc) is 3.40. The summed E-state index contributed by atoms with van der Waals surface area (Å²) in [7, 11) is 1.43. The lowest BCUT2D eigenvalue weighted by Gasteiger charge is -2.24. The number of rotatable bonds is 53. The molecule has 0 rings (SSSR count). The van der Waals surface area contributed by atoms with E-state index in [1.807, 2.05) is 21.1 Å². The maximum Gasteiger partial charge on any atom is 0.472 e. The molecule has 440 valence electrons. The highest BCUT2D eigenvalue weighted by atomic mass is 31.2. The van der Waals surface area contributed by atoms with Crippen LogP contribution in [-0.4, -0.2) is 74.9 Å². The van der Waals surface area contributed by atoms with Crippen LogP contribution in [0.2, 0.25) is 0 Å². The average molecular weight is 1100 g/mol. The molecule has 9 nitrogen and oxygen atoms in total. The van der Waals surface area contributed by atoms with E-state index < -0.39 is 32.5 Å². The Morgan fingerprint density at radius 3 is 1.03 bits per heavy atom. The number of likely N-dealkylation sites (N-methyl/N-ethyl adjacent to an activating group) is 1. The number of carbonyl (C=O) groups is 2. The fourth-order valence-electron chi connectivity index (χ4n) is 7.47. The third kappa shape index (κ3) is 60.9. The number of unbranched alkanes of at least 4 members (excludes halogenated alkanes) is 13. The standard InChI is InChI=1S/C68H110NO8P/c1-6-8-10-12-14-16-18-20-22-24-26-28-30-31-32-33-34-35-36-37-39-41-43-45-47-49-51-53-55-57-59-61-68(71)77-66(65-76-78(72,73)75-63-62-69(3,4)5)64-74-67(70)60-58-56-54-52-50-48-46-44-42-40-38-29-27-25-23-21-19-17-15-13-11-9-7-2/h8-11,14-17,20-23,26-29,31-32,34-35,37,39-40,42,46,48,66H,6-7,12-13,18-19,24-25,30,33,36,38,41,43-45,47,49-65H2,1-5H3/p+1/b10-8-,11-9-,16-14-,17-15-,22-20-,23-21-,28-26-,29-27-,32-31-,35-34-,39-37-,42-40-,48-46-. The summed E-state index contributed by atoms with van der Waals surface area (Å²) in [6.07, 6.45) is 85.9. The first-order valence-corrected chi connectivity index (χ1v) is 31.7. The SMILES string of the molecule is CC/C=C\C/C=C\C/C=C\C/C=C\C/C=C\C/C=C\C/C=C\CCCCCCCCCCCC(=O)OC(COC(=O)CCCCCC/C=C\C/C=C\C/C=C\C/C=C\C/C=C\C/C=C\CC)COP(=O)(O)OCC[N+](C)(C)C. The largest absolute Gasteiger partial charge is 0.472 e. The van der Waals surface area contributed by atoms with Gasteiger partial charge in [-0.2, -0.15) is 0 Å². The Hall–Kier alpha value is -4.37. The molecule has 0 aliphatic heterocycles. The van der Waals surface area contributed by atoms with Gasteiger partial charge in [-0.1, -0.05) is 230 Å². The van der Waals surface area contributed by atoms with E-state index in [1.54, 1.807) is 0 Å². The van der Waals surface area contributed by atoms with Crippen molar-refractivity contribution < 1.29 is 42.1 Å². The normalized spacial score (nSPS) is 14.4. The van der Waals surface area contributed by atoms with E-state index in [0.29, 0.717) is 23.9 Å². The van der Waals surface area contributed by atoms with Crippen LogP contribution in [0, 0.1) is 0 Å². The minimum absolute atomic E-state index is 0.0164. The highest BCUT2D eigenvalue weighted by molar-refractivity contribution is 7.47. The van der Waals surface area contributed by atoms with Crippen LogP contribution < -0.4 is 0 Å². The predicted molar refractivity (Wildman–Crippen MR) is 334 cm³/mol. The Labute approximate surface area is 477 Å². The van der Waals surface area contributed by atoms with Crippen LogP contribution in [0.4, 0.5) is 0 Å². The lowest BCUT2D eigenvalue weighted by molar-refractivity contribution is -0.870. The lowest BCUT2D eigenvalue weighted by atomic mass is 10.1. The second-order valence-electron chi connectivity index (χ2n) is 20.6. The van der Waals surface area contributed by atoms with E-state index >= 15 is 0 Å².